The van der Waals surface area contributed by atoms with Crippen LogP contribution in [-0.4, -0.2) is 5.97 Å². The van der Waals surface area contributed by atoms with Gasteiger partial charge in [-0.2, -0.15) is 0 Å². The van der Waals surface area contributed by atoms with E-state index >= 15 is 0 Å². The molecule has 18 heavy (non-hydrogen) atoms. The first-order valence-corrected chi connectivity index (χ1v) is 4.99. The zero-order chi connectivity index (χ0) is 13.1. The average molecular weight is 252 g/mol. The molecule has 92 valence electrons. The second-order valence-electron chi connectivity index (χ2n) is 3.46. The molecule has 2 nitrogen and oxygen atoms in total. The molecule has 0 unspecified atom stereocenters. The van der Waals surface area contributed by atoms with Crippen LogP contribution in [0.25, 0.3) is 0 Å². The molecule has 2 rings (SSSR count). The third-order valence-electron chi connectivity index (χ3n) is 2.18. The summed E-state index contributed by atoms with van der Waals surface area (Å²) in [5, 5.41) is 0. The van der Waals surface area contributed by atoms with E-state index in [1.54, 1.807) is 18.2 Å². The Hall–Kier alpha value is -2.30. The Kier molecular flexibility index (Phi) is 3.32. The van der Waals surface area contributed by atoms with Crippen molar-refractivity contribution < 1.29 is 22.7 Å². The zero-order valence-electron chi connectivity index (χ0n) is 8.99. The molecule has 0 fully saturated rings. The maximum atomic E-state index is 12.9. The highest BCUT2D eigenvalue weighted by Gasteiger charge is 2.14. The van der Waals surface area contributed by atoms with Gasteiger partial charge in [-0.1, -0.05) is 18.2 Å². The molecule has 0 saturated heterocycles. The molecular weight excluding hydrogens is 245 g/mol. The summed E-state index contributed by atoms with van der Waals surface area (Å²) >= 11 is 0. The van der Waals surface area contributed by atoms with E-state index in [0.717, 1.165) is 0 Å². The lowest BCUT2D eigenvalue weighted by Crippen LogP contribution is -2.09. The molecule has 0 aliphatic carbocycles. The van der Waals surface area contributed by atoms with Crippen LogP contribution in [0.15, 0.2) is 42.5 Å². The second kappa shape index (κ2) is 4.91. The van der Waals surface area contributed by atoms with Crippen LogP contribution in [0.2, 0.25) is 0 Å². The fraction of sp³-hybridized carbons (Fsp3) is 0. The predicted octanol–water partition coefficient (Wildman–Crippen LogP) is 3.32. The molecule has 0 bridgehead atoms. The van der Waals surface area contributed by atoms with Gasteiger partial charge in [-0.25, -0.2) is 18.0 Å². The molecule has 0 heterocycles. The summed E-state index contributed by atoms with van der Waals surface area (Å²) in [5.41, 5.74) is 0.225. The molecule has 0 atom stereocenters. The number of rotatable bonds is 2. The smallest absolute Gasteiger partial charge is 0.343 e. The Bertz CT molecular complexity index is 559. The highest BCUT2D eigenvalue weighted by Crippen LogP contribution is 2.20. The minimum Gasteiger partial charge on any atom is -0.423 e. The summed E-state index contributed by atoms with van der Waals surface area (Å²) in [6, 6.07) is 9.12. The summed E-state index contributed by atoms with van der Waals surface area (Å²) in [6.45, 7) is 0. The van der Waals surface area contributed by atoms with Crippen molar-refractivity contribution in [2.45, 2.75) is 0 Å². The quantitative estimate of drug-likeness (QED) is 0.465. The molecule has 2 aromatic carbocycles. The van der Waals surface area contributed by atoms with Crippen molar-refractivity contribution in [2.75, 3.05) is 0 Å². The third kappa shape index (κ3) is 2.51. The second-order valence-corrected chi connectivity index (χ2v) is 3.46. The fourth-order valence-electron chi connectivity index (χ4n) is 1.33. The van der Waals surface area contributed by atoms with Crippen molar-refractivity contribution in [3.63, 3.8) is 0 Å². The normalized spacial score (nSPS) is 10.2. The summed E-state index contributed by atoms with van der Waals surface area (Å²) < 4.78 is 43.2. The number of hydrogen-bond acceptors (Lipinski definition) is 2. The van der Waals surface area contributed by atoms with Gasteiger partial charge in [-0.05, 0) is 12.1 Å². The van der Waals surface area contributed by atoms with E-state index < -0.39 is 23.4 Å². The van der Waals surface area contributed by atoms with Gasteiger partial charge in [0.25, 0.3) is 0 Å². The van der Waals surface area contributed by atoms with E-state index in [1.165, 1.54) is 12.1 Å². The van der Waals surface area contributed by atoms with Crippen LogP contribution >= 0.6 is 0 Å². The number of benzene rings is 2. The van der Waals surface area contributed by atoms with Crippen LogP contribution in [-0.2, 0) is 0 Å². The van der Waals surface area contributed by atoms with Gasteiger partial charge in [0.05, 0.1) is 5.56 Å². The van der Waals surface area contributed by atoms with E-state index in [0.29, 0.717) is 12.1 Å². The van der Waals surface area contributed by atoms with Crippen molar-refractivity contribution >= 4 is 5.97 Å². The summed E-state index contributed by atoms with van der Waals surface area (Å²) in [4.78, 5) is 11.6. The number of halogens is 3. The topological polar surface area (TPSA) is 26.3 Å². The SMILES string of the molecule is O=C(Oc1cc(F)c(F)c(F)c1)c1ccccc1. The highest BCUT2D eigenvalue weighted by atomic mass is 19.2. The van der Waals surface area contributed by atoms with Crippen molar-refractivity contribution in [1.29, 1.82) is 0 Å². The van der Waals surface area contributed by atoms with Gasteiger partial charge in [0.1, 0.15) is 5.75 Å². The van der Waals surface area contributed by atoms with Gasteiger partial charge < -0.3 is 4.74 Å². The van der Waals surface area contributed by atoms with Gasteiger partial charge >= 0.3 is 5.97 Å². The van der Waals surface area contributed by atoms with Gasteiger partial charge in [0.2, 0.25) is 0 Å². The lowest BCUT2D eigenvalue weighted by atomic mass is 10.2. The van der Waals surface area contributed by atoms with E-state index in [4.69, 9.17) is 4.74 Å². The Balaban J connectivity index is 2.23. The van der Waals surface area contributed by atoms with Crippen LogP contribution in [0.5, 0.6) is 5.75 Å². The molecule has 5 heteroatoms. The van der Waals surface area contributed by atoms with E-state index in [-0.39, 0.29) is 11.3 Å². The molecule has 0 amide bonds. The van der Waals surface area contributed by atoms with Crippen molar-refractivity contribution in [2.24, 2.45) is 0 Å². The molecule has 0 spiro atoms. The first-order valence-electron chi connectivity index (χ1n) is 4.99. The Morgan fingerprint density at radius 3 is 2.06 bits per heavy atom. The lowest BCUT2D eigenvalue weighted by Gasteiger charge is -2.05. The maximum absolute atomic E-state index is 12.9. The largest absolute Gasteiger partial charge is 0.423 e. The van der Waals surface area contributed by atoms with Crippen LogP contribution in [0, 0.1) is 17.5 Å². The standard InChI is InChI=1S/C13H7F3O2/c14-10-6-9(7-11(15)12(10)16)18-13(17)8-4-2-1-3-5-8/h1-7H. The third-order valence-corrected chi connectivity index (χ3v) is 2.18. The molecule has 0 radical (unpaired) electrons. The minimum atomic E-state index is -1.60. The van der Waals surface area contributed by atoms with E-state index in [9.17, 15) is 18.0 Å². The van der Waals surface area contributed by atoms with Crippen molar-refractivity contribution in [1.82, 2.24) is 0 Å². The zero-order valence-corrected chi connectivity index (χ0v) is 8.99. The predicted molar refractivity (Wildman–Crippen MR) is 57.7 cm³/mol. The minimum absolute atomic E-state index is 0.225. The summed E-state index contributed by atoms with van der Waals surface area (Å²) in [6.07, 6.45) is 0. The molecule has 0 aliphatic heterocycles. The summed E-state index contributed by atoms with van der Waals surface area (Å²) in [7, 11) is 0. The van der Waals surface area contributed by atoms with Gasteiger partial charge in [0.15, 0.2) is 17.5 Å². The average Bonchev–Trinajstić information content (AvgIpc) is 2.37. The number of esters is 1. The first-order chi connectivity index (χ1) is 8.58. The van der Waals surface area contributed by atoms with Crippen LogP contribution < -0.4 is 4.74 Å². The molecule has 0 saturated carbocycles. The van der Waals surface area contributed by atoms with E-state index in [1.807, 2.05) is 0 Å². The molecule has 0 N–H and O–H groups in total. The Morgan fingerprint density at radius 2 is 1.50 bits per heavy atom. The summed E-state index contributed by atoms with van der Waals surface area (Å²) in [5.74, 6) is -5.59. The van der Waals surface area contributed by atoms with Crippen molar-refractivity contribution in [3.8, 4) is 5.75 Å². The number of carbonyl (C=O) groups excluding carboxylic acids is 1. The molecule has 2 aromatic rings. The lowest BCUT2D eigenvalue weighted by molar-refractivity contribution is 0.0733. The fourth-order valence-corrected chi connectivity index (χ4v) is 1.33. The Labute approximate surface area is 101 Å². The number of ether oxygens (including phenoxy) is 1. The van der Waals surface area contributed by atoms with Crippen LogP contribution in [0.1, 0.15) is 10.4 Å². The maximum Gasteiger partial charge on any atom is 0.343 e. The monoisotopic (exact) mass is 252 g/mol. The van der Waals surface area contributed by atoms with E-state index in [2.05, 4.69) is 0 Å². The number of carbonyl (C=O) groups is 1. The molecule has 0 aliphatic rings. The van der Waals surface area contributed by atoms with Crippen LogP contribution in [0.4, 0.5) is 13.2 Å². The number of hydrogen-bond donors (Lipinski definition) is 0. The van der Waals surface area contributed by atoms with Gasteiger partial charge in [-0.15, -0.1) is 0 Å². The highest BCUT2D eigenvalue weighted by molar-refractivity contribution is 5.90. The van der Waals surface area contributed by atoms with Crippen LogP contribution in [0.3, 0.4) is 0 Å². The van der Waals surface area contributed by atoms with Gasteiger partial charge in [0, 0.05) is 12.1 Å². The van der Waals surface area contributed by atoms with Gasteiger partial charge in [-0.3, -0.25) is 0 Å². The first kappa shape index (κ1) is 12.2. The van der Waals surface area contributed by atoms with Crippen molar-refractivity contribution in [3.05, 3.63) is 65.5 Å². The molecule has 0 aromatic heterocycles. The Morgan fingerprint density at radius 1 is 0.944 bits per heavy atom. The molecular formula is C13H7F3O2.